The third-order valence-corrected chi connectivity index (χ3v) is 4.91. The van der Waals surface area contributed by atoms with Crippen LogP contribution in [-0.4, -0.2) is 45.3 Å². The highest BCUT2D eigenvalue weighted by atomic mass is 127. The van der Waals surface area contributed by atoms with E-state index in [-0.39, 0.29) is 24.0 Å². The van der Waals surface area contributed by atoms with Crippen LogP contribution in [0.4, 0.5) is 5.82 Å². The lowest BCUT2D eigenvalue weighted by molar-refractivity contribution is 0.548. The first-order chi connectivity index (χ1) is 14.7. The van der Waals surface area contributed by atoms with Crippen LogP contribution in [0, 0.1) is 6.92 Å². The smallest absolute Gasteiger partial charge is 0.191 e. The van der Waals surface area contributed by atoms with Crippen molar-refractivity contribution in [3.63, 3.8) is 0 Å². The van der Waals surface area contributed by atoms with Crippen LogP contribution in [0.1, 0.15) is 18.2 Å². The third-order valence-electron chi connectivity index (χ3n) is 4.91. The van der Waals surface area contributed by atoms with Gasteiger partial charge in [0.05, 0.1) is 11.6 Å². The van der Waals surface area contributed by atoms with Crippen LogP contribution in [-0.2, 0) is 13.6 Å². The van der Waals surface area contributed by atoms with Crippen molar-refractivity contribution >= 4 is 57.8 Å². The number of hydrogen-bond donors (Lipinski definition) is 3. The molecule has 31 heavy (non-hydrogen) atoms. The lowest BCUT2D eigenvalue weighted by atomic mass is 10.1. The van der Waals surface area contributed by atoms with Crippen molar-refractivity contribution in [1.82, 2.24) is 30.4 Å². The molecule has 0 saturated carbocycles. The van der Waals surface area contributed by atoms with Gasteiger partial charge >= 0.3 is 0 Å². The molecular formula is C21H27IN8O. The largest absolute Gasteiger partial charge is 0.459 e. The highest BCUT2D eigenvalue weighted by Gasteiger charge is 2.10. The summed E-state index contributed by atoms with van der Waals surface area (Å²) in [6.45, 7) is 6.72. The van der Waals surface area contributed by atoms with Gasteiger partial charge in [0, 0.05) is 37.6 Å². The summed E-state index contributed by atoms with van der Waals surface area (Å²) in [6, 6.07) is 8.06. The molecule has 1 aromatic carbocycles. The molecule has 0 bridgehead atoms. The standard InChI is InChI=1S/C21H26N8O.HI/c1-4-22-21(25-12-18-14(2)15-7-5-6-8-17(15)30-18)24-10-9-23-19-16-11-28-29(3)20(16)27-13-26-19;/h5-8,11,13H,4,9-10,12H2,1-3H3,(H2,22,24,25)(H,23,26,27);1H. The second-order valence-corrected chi connectivity index (χ2v) is 6.92. The Labute approximate surface area is 197 Å². The van der Waals surface area contributed by atoms with E-state index < -0.39 is 0 Å². The summed E-state index contributed by atoms with van der Waals surface area (Å²) in [5, 5.41) is 16.2. The molecule has 3 N–H and O–H groups in total. The molecular weight excluding hydrogens is 507 g/mol. The van der Waals surface area contributed by atoms with E-state index in [9.17, 15) is 0 Å². The van der Waals surface area contributed by atoms with Crippen LogP contribution in [0.2, 0.25) is 0 Å². The van der Waals surface area contributed by atoms with E-state index in [0.717, 1.165) is 51.6 Å². The van der Waals surface area contributed by atoms with Crippen molar-refractivity contribution in [3.05, 3.63) is 48.1 Å². The van der Waals surface area contributed by atoms with E-state index in [1.807, 2.05) is 32.2 Å². The molecule has 0 fully saturated rings. The van der Waals surface area contributed by atoms with Crippen molar-refractivity contribution in [2.24, 2.45) is 12.0 Å². The molecule has 164 valence electrons. The summed E-state index contributed by atoms with van der Waals surface area (Å²) in [4.78, 5) is 13.2. The lowest BCUT2D eigenvalue weighted by Crippen LogP contribution is -2.39. The second-order valence-electron chi connectivity index (χ2n) is 6.92. The number of para-hydroxylation sites is 1. The van der Waals surface area contributed by atoms with Gasteiger partial charge in [-0.1, -0.05) is 18.2 Å². The van der Waals surface area contributed by atoms with Gasteiger partial charge in [0.25, 0.3) is 0 Å². The number of aryl methyl sites for hydroxylation is 2. The van der Waals surface area contributed by atoms with Crippen LogP contribution in [0.5, 0.6) is 0 Å². The van der Waals surface area contributed by atoms with Gasteiger partial charge in [0.2, 0.25) is 0 Å². The minimum atomic E-state index is 0. The minimum Gasteiger partial charge on any atom is -0.459 e. The topological polar surface area (TPSA) is 105 Å². The summed E-state index contributed by atoms with van der Waals surface area (Å²) in [6.07, 6.45) is 3.31. The quantitative estimate of drug-likeness (QED) is 0.145. The Hall–Kier alpha value is -2.89. The summed E-state index contributed by atoms with van der Waals surface area (Å²) in [5.74, 6) is 2.40. The lowest BCUT2D eigenvalue weighted by Gasteiger charge is -2.12. The van der Waals surface area contributed by atoms with E-state index in [1.165, 1.54) is 0 Å². The van der Waals surface area contributed by atoms with Gasteiger partial charge in [-0.15, -0.1) is 24.0 Å². The van der Waals surface area contributed by atoms with Gasteiger partial charge in [0.1, 0.15) is 30.0 Å². The van der Waals surface area contributed by atoms with Crippen LogP contribution in [0.3, 0.4) is 0 Å². The fourth-order valence-corrected chi connectivity index (χ4v) is 3.33. The average Bonchev–Trinajstić information content (AvgIpc) is 3.30. The first kappa shape index (κ1) is 22.8. The molecule has 0 amide bonds. The Morgan fingerprint density at radius 3 is 2.77 bits per heavy atom. The number of benzene rings is 1. The number of aliphatic imine (C=N–C) groups is 1. The predicted octanol–water partition coefficient (Wildman–Crippen LogP) is 3.20. The van der Waals surface area contributed by atoms with Crippen LogP contribution >= 0.6 is 24.0 Å². The number of halogens is 1. The maximum atomic E-state index is 5.96. The molecule has 0 unspecified atom stereocenters. The molecule has 0 spiro atoms. The van der Waals surface area contributed by atoms with Crippen molar-refractivity contribution in [2.45, 2.75) is 20.4 Å². The SMILES string of the molecule is CCNC(=NCc1oc2ccccc2c1C)NCCNc1ncnc2c1cnn2C.I. The molecule has 9 nitrogen and oxygen atoms in total. The van der Waals surface area contributed by atoms with Crippen molar-refractivity contribution in [3.8, 4) is 0 Å². The molecule has 0 radical (unpaired) electrons. The highest BCUT2D eigenvalue weighted by Crippen LogP contribution is 2.25. The third kappa shape index (κ3) is 5.06. The highest BCUT2D eigenvalue weighted by molar-refractivity contribution is 14.0. The zero-order chi connectivity index (χ0) is 20.9. The first-order valence-corrected chi connectivity index (χ1v) is 10.0. The number of hydrogen-bond acceptors (Lipinski definition) is 6. The van der Waals surface area contributed by atoms with Gasteiger partial charge in [-0.2, -0.15) is 5.10 Å². The van der Waals surface area contributed by atoms with Crippen molar-refractivity contribution < 1.29 is 4.42 Å². The number of anilines is 1. The van der Waals surface area contributed by atoms with Gasteiger partial charge in [-0.25, -0.2) is 15.0 Å². The molecule has 0 aliphatic rings. The molecule has 0 atom stereocenters. The molecule has 0 saturated heterocycles. The number of nitrogens with one attached hydrogen (secondary N) is 3. The Morgan fingerprint density at radius 2 is 1.97 bits per heavy atom. The second kappa shape index (κ2) is 10.4. The van der Waals surface area contributed by atoms with Gasteiger partial charge in [-0.05, 0) is 19.9 Å². The Morgan fingerprint density at radius 1 is 1.13 bits per heavy atom. The Bertz CT molecular complexity index is 1180. The van der Waals surface area contributed by atoms with Gasteiger partial charge in [0.15, 0.2) is 11.6 Å². The molecule has 4 aromatic rings. The summed E-state index contributed by atoms with van der Waals surface area (Å²) in [5.41, 5.74) is 2.83. The molecule has 4 rings (SSSR count). The molecule has 3 heterocycles. The monoisotopic (exact) mass is 534 g/mol. The maximum absolute atomic E-state index is 5.96. The van der Waals surface area contributed by atoms with E-state index in [0.29, 0.717) is 19.6 Å². The number of nitrogens with zero attached hydrogens (tertiary/aromatic N) is 5. The van der Waals surface area contributed by atoms with Crippen LogP contribution in [0.25, 0.3) is 22.0 Å². The molecule has 10 heteroatoms. The molecule has 3 aromatic heterocycles. The normalized spacial score (nSPS) is 11.5. The van der Waals surface area contributed by atoms with Crippen molar-refractivity contribution in [1.29, 1.82) is 0 Å². The van der Waals surface area contributed by atoms with E-state index >= 15 is 0 Å². The van der Waals surface area contributed by atoms with Crippen LogP contribution < -0.4 is 16.0 Å². The number of rotatable bonds is 7. The average molecular weight is 534 g/mol. The number of aromatic nitrogens is 4. The summed E-state index contributed by atoms with van der Waals surface area (Å²) < 4.78 is 7.69. The van der Waals surface area contributed by atoms with E-state index in [1.54, 1.807) is 17.2 Å². The van der Waals surface area contributed by atoms with Gasteiger partial charge in [-0.3, -0.25) is 4.68 Å². The zero-order valence-corrected chi connectivity index (χ0v) is 20.2. The summed E-state index contributed by atoms with van der Waals surface area (Å²) >= 11 is 0. The van der Waals surface area contributed by atoms with E-state index in [2.05, 4.69) is 49.0 Å². The molecule has 0 aliphatic carbocycles. The minimum absolute atomic E-state index is 0. The molecule has 0 aliphatic heterocycles. The number of guanidine groups is 1. The zero-order valence-electron chi connectivity index (χ0n) is 17.8. The van der Waals surface area contributed by atoms with Gasteiger partial charge < -0.3 is 20.4 Å². The Kier molecular flexibility index (Phi) is 7.66. The number of furan rings is 1. The van der Waals surface area contributed by atoms with Crippen LogP contribution in [0.15, 0.2) is 46.2 Å². The van der Waals surface area contributed by atoms with Crippen molar-refractivity contribution in [2.75, 3.05) is 25.0 Å². The summed E-state index contributed by atoms with van der Waals surface area (Å²) in [7, 11) is 1.86. The fraction of sp³-hybridized carbons (Fsp3) is 0.333. The number of fused-ring (bicyclic) bond motifs is 2. The van der Waals surface area contributed by atoms with E-state index in [4.69, 9.17) is 4.42 Å². The fourth-order valence-electron chi connectivity index (χ4n) is 3.33. The maximum Gasteiger partial charge on any atom is 0.191 e. The Balaban J connectivity index is 0.00000272. The first-order valence-electron chi connectivity index (χ1n) is 10.0. The predicted molar refractivity (Wildman–Crippen MR) is 134 cm³/mol.